The summed E-state index contributed by atoms with van der Waals surface area (Å²) in [5.41, 5.74) is 1.35. The summed E-state index contributed by atoms with van der Waals surface area (Å²) in [5, 5.41) is 0. The molecule has 4 nitrogen and oxygen atoms in total. The zero-order valence-electron chi connectivity index (χ0n) is 14.0. The van der Waals surface area contributed by atoms with Crippen LogP contribution in [0.1, 0.15) is 35.3 Å². The van der Waals surface area contributed by atoms with Gasteiger partial charge in [-0.25, -0.2) is 9.18 Å². The predicted molar refractivity (Wildman–Crippen MR) is 97.0 cm³/mol. The molecule has 2 aromatic rings. The number of hydrogen-bond acceptors (Lipinski definition) is 3. The van der Waals surface area contributed by atoms with Gasteiger partial charge in [-0.2, -0.15) is 0 Å². The van der Waals surface area contributed by atoms with Crippen LogP contribution in [0, 0.1) is 5.82 Å². The maximum absolute atomic E-state index is 13.0. The van der Waals surface area contributed by atoms with Crippen molar-refractivity contribution >= 4 is 27.8 Å². The summed E-state index contributed by atoms with van der Waals surface area (Å²) in [6.45, 7) is 2.09. The quantitative estimate of drug-likeness (QED) is 0.633. The van der Waals surface area contributed by atoms with E-state index < -0.39 is 11.9 Å². The van der Waals surface area contributed by atoms with Gasteiger partial charge in [-0.1, -0.05) is 28.1 Å². The van der Waals surface area contributed by atoms with E-state index in [9.17, 15) is 14.0 Å². The van der Waals surface area contributed by atoms with Crippen LogP contribution in [-0.4, -0.2) is 30.4 Å². The van der Waals surface area contributed by atoms with Crippen molar-refractivity contribution in [2.75, 3.05) is 13.7 Å². The first-order valence-electron chi connectivity index (χ1n) is 7.81. The highest BCUT2D eigenvalue weighted by Crippen LogP contribution is 2.23. The number of halogens is 2. The van der Waals surface area contributed by atoms with Gasteiger partial charge in [0.25, 0.3) is 0 Å². The van der Waals surface area contributed by atoms with Crippen molar-refractivity contribution in [3.63, 3.8) is 0 Å². The molecule has 2 rings (SSSR count). The second kappa shape index (κ2) is 8.76. The number of hydrogen-bond donors (Lipinski definition) is 0. The van der Waals surface area contributed by atoms with Crippen LogP contribution in [0.2, 0.25) is 0 Å². The topological polar surface area (TPSA) is 46.6 Å². The van der Waals surface area contributed by atoms with Gasteiger partial charge in [-0.3, -0.25) is 4.79 Å². The van der Waals surface area contributed by atoms with E-state index in [0.717, 1.165) is 10.0 Å². The van der Waals surface area contributed by atoms with Crippen LogP contribution in [-0.2, 0) is 4.74 Å². The fraction of sp³-hybridized carbons (Fsp3) is 0.263. The van der Waals surface area contributed by atoms with Crippen molar-refractivity contribution in [2.24, 2.45) is 0 Å². The summed E-state index contributed by atoms with van der Waals surface area (Å²) >= 11 is 3.38. The number of ketones is 1. The van der Waals surface area contributed by atoms with Crippen molar-refractivity contribution in [1.82, 2.24) is 4.90 Å². The third-order valence-electron chi connectivity index (χ3n) is 3.98. The van der Waals surface area contributed by atoms with Crippen LogP contribution in [0.4, 0.5) is 9.18 Å². The normalized spacial score (nSPS) is 11.7. The monoisotopic (exact) mass is 407 g/mol. The fourth-order valence-electron chi connectivity index (χ4n) is 2.48. The molecule has 6 heteroatoms. The second-order valence-electron chi connectivity index (χ2n) is 5.57. The Hall–Kier alpha value is -2.21. The maximum Gasteiger partial charge on any atom is 0.409 e. The highest BCUT2D eigenvalue weighted by atomic mass is 79.9. The standard InChI is InChI=1S/C19H19BrFNO3/c1-13(14-3-7-16(20)8-4-14)22(19(24)25-2)12-11-18(23)15-5-9-17(21)10-6-15/h3-10,13H,11-12H2,1-2H3/t13-/m0/s1. The molecule has 0 aliphatic heterocycles. The van der Waals surface area contributed by atoms with Crippen LogP contribution in [0.5, 0.6) is 0 Å². The second-order valence-corrected chi connectivity index (χ2v) is 6.49. The molecule has 0 aliphatic carbocycles. The van der Waals surface area contributed by atoms with E-state index in [1.165, 1.54) is 36.3 Å². The highest BCUT2D eigenvalue weighted by Gasteiger charge is 2.23. The summed E-state index contributed by atoms with van der Waals surface area (Å²) in [4.78, 5) is 25.9. The van der Waals surface area contributed by atoms with Gasteiger partial charge in [0.15, 0.2) is 5.78 Å². The number of carbonyl (C=O) groups is 2. The van der Waals surface area contributed by atoms with Gasteiger partial charge in [-0.15, -0.1) is 0 Å². The predicted octanol–water partition coefficient (Wildman–Crippen LogP) is 4.99. The van der Waals surface area contributed by atoms with Gasteiger partial charge in [0, 0.05) is 23.0 Å². The molecular formula is C19H19BrFNO3. The van der Waals surface area contributed by atoms with E-state index in [2.05, 4.69) is 15.9 Å². The van der Waals surface area contributed by atoms with Crippen LogP contribution in [0.3, 0.4) is 0 Å². The van der Waals surface area contributed by atoms with E-state index in [1.807, 2.05) is 31.2 Å². The Labute approximate surface area is 154 Å². The first-order valence-corrected chi connectivity index (χ1v) is 8.60. The Morgan fingerprint density at radius 1 is 1.12 bits per heavy atom. The molecule has 0 bridgehead atoms. The molecule has 1 amide bonds. The van der Waals surface area contributed by atoms with Crippen LogP contribution >= 0.6 is 15.9 Å². The summed E-state index contributed by atoms with van der Waals surface area (Å²) < 4.78 is 18.7. The van der Waals surface area contributed by atoms with Gasteiger partial charge in [0.2, 0.25) is 0 Å². The summed E-state index contributed by atoms with van der Waals surface area (Å²) in [6.07, 6.45) is -0.371. The molecule has 0 N–H and O–H groups in total. The van der Waals surface area contributed by atoms with E-state index in [4.69, 9.17) is 4.74 Å². The lowest BCUT2D eigenvalue weighted by Gasteiger charge is -2.28. The molecular weight excluding hydrogens is 389 g/mol. The summed E-state index contributed by atoms with van der Waals surface area (Å²) in [5.74, 6) is -0.548. The van der Waals surface area contributed by atoms with E-state index in [-0.39, 0.29) is 24.8 Å². The van der Waals surface area contributed by atoms with E-state index in [0.29, 0.717) is 5.56 Å². The van der Waals surface area contributed by atoms with Crippen molar-refractivity contribution in [2.45, 2.75) is 19.4 Å². The minimum absolute atomic E-state index is 0.127. The fourth-order valence-corrected chi connectivity index (χ4v) is 2.75. The maximum atomic E-state index is 13.0. The molecule has 0 aromatic heterocycles. The molecule has 0 aliphatic rings. The highest BCUT2D eigenvalue weighted by molar-refractivity contribution is 9.10. The molecule has 0 unspecified atom stereocenters. The van der Waals surface area contributed by atoms with Crippen LogP contribution in [0.15, 0.2) is 53.0 Å². The number of carbonyl (C=O) groups excluding carboxylic acids is 2. The molecule has 2 aromatic carbocycles. The molecule has 0 fully saturated rings. The average Bonchev–Trinajstić information content (AvgIpc) is 2.62. The van der Waals surface area contributed by atoms with Gasteiger partial charge in [0.05, 0.1) is 13.2 Å². The molecule has 25 heavy (non-hydrogen) atoms. The van der Waals surface area contributed by atoms with Crippen molar-refractivity contribution in [3.8, 4) is 0 Å². The molecule has 1 atom stereocenters. The molecule has 132 valence electrons. The lowest BCUT2D eigenvalue weighted by atomic mass is 10.1. The Kier molecular flexibility index (Phi) is 6.70. The molecule has 0 radical (unpaired) electrons. The first-order chi connectivity index (χ1) is 11.9. The number of nitrogens with zero attached hydrogens (tertiary/aromatic N) is 1. The zero-order valence-corrected chi connectivity index (χ0v) is 15.6. The van der Waals surface area contributed by atoms with Crippen molar-refractivity contribution in [3.05, 3.63) is 69.9 Å². The third-order valence-corrected chi connectivity index (χ3v) is 4.50. The Balaban J connectivity index is 2.09. The SMILES string of the molecule is COC(=O)N(CCC(=O)c1ccc(F)cc1)[C@@H](C)c1ccc(Br)cc1. The lowest BCUT2D eigenvalue weighted by molar-refractivity contribution is 0.0911. The van der Waals surface area contributed by atoms with Crippen LogP contribution < -0.4 is 0 Å². The molecule has 0 spiro atoms. The zero-order chi connectivity index (χ0) is 18.4. The molecule has 0 saturated heterocycles. The van der Waals surface area contributed by atoms with Crippen molar-refractivity contribution in [1.29, 1.82) is 0 Å². The molecule has 0 saturated carbocycles. The molecule has 0 heterocycles. The van der Waals surface area contributed by atoms with Gasteiger partial charge in [0.1, 0.15) is 5.82 Å². The number of Topliss-reactive ketones (excluding diaryl/α,β-unsaturated/α-hetero) is 1. The number of amides is 1. The van der Waals surface area contributed by atoms with E-state index in [1.54, 1.807) is 0 Å². The largest absolute Gasteiger partial charge is 0.453 e. The third kappa shape index (κ3) is 5.13. The average molecular weight is 408 g/mol. The smallest absolute Gasteiger partial charge is 0.409 e. The Bertz CT molecular complexity index is 731. The Morgan fingerprint density at radius 2 is 1.72 bits per heavy atom. The summed E-state index contributed by atoms with van der Waals surface area (Å²) in [6, 6.07) is 12.7. The van der Waals surface area contributed by atoms with Crippen molar-refractivity contribution < 1.29 is 18.7 Å². The summed E-state index contributed by atoms with van der Waals surface area (Å²) in [7, 11) is 1.31. The van der Waals surface area contributed by atoms with Gasteiger partial charge < -0.3 is 9.64 Å². The number of rotatable bonds is 6. The van der Waals surface area contributed by atoms with Gasteiger partial charge >= 0.3 is 6.09 Å². The number of methoxy groups -OCH3 is 1. The van der Waals surface area contributed by atoms with E-state index >= 15 is 0 Å². The first kappa shape index (κ1) is 19.1. The Morgan fingerprint density at radius 3 is 2.28 bits per heavy atom. The van der Waals surface area contributed by atoms with Gasteiger partial charge in [-0.05, 0) is 48.9 Å². The number of benzene rings is 2. The van der Waals surface area contributed by atoms with Crippen LogP contribution in [0.25, 0.3) is 0 Å². The minimum Gasteiger partial charge on any atom is -0.453 e. The lowest BCUT2D eigenvalue weighted by Crippen LogP contribution is -2.35. The minimum atomic E-state index is -0.498. The number of ether oxygens (including phenoxy) is 1.